The van der Waals surface area contributed by atoms with Crippen molar-refractivity contribution < 1.29 is 0 Å². The number of nitrogens with zero attached hydrogens (tertiary/aromatic N) is 2. The van der Waals surface area contributed by atoms with Crippen LogP contribution in [0.3, 0.4) is 0 Å². The van der Waals surface area contributed by atoms with Crippen molar-refractivity contribution in [1.82, 2.24) is 4.98 Å². The van der Waals surface area contributed by atoms with E-state index in [1.165, 1.54) is 19.3 Å². The predicted octanol–water partition coefficient (Wildman–Crippen LogP) is 2.87. The number of rotatable bonds is 4. The normalized spacial score (nSPS) is 14.3. The maximum atomic E-state index is 8.71. The van der Waals surface area contributed by atoms with E-state index >= 15 is 0 Å². The van der Waals surface area contributed by atoms with E-state index in [9.17, 15) is 0 Å². The molecular weight excluding hydrogens is 198 g/mol. The molecule has 1 aromatic heterocycles. The van der Waals surface area contributed by atoms with Crippen molar-refractivity contribution in [3.8, 4) is 6.07 Å². The molecule has 0 radical (unpaired) electrons. The molecule has 0 saturated carbocycles. The summed E-state index contributed by atoms with van der Waals surface area (Å²) in [5.74, 6) is 0.789. The molecule has 1 heterocycles. The molecule has 3 heteroatoms. The molecule has 1 aliphatic rings. The first-order chi connectivity index (χ1) is 7.88. The quantitative estimate of drug-likeness (QED) is 0.782. The lowest BCUT2D eigenvalue weighted by molar-refractivity contribution is 0.862. The van der Waals surface area contributed by atoms with E-state index in [2.05, 4.69) is 16.4 Å². The van der Waals surface area contributed by atoms with Gasteiger partial charge in [0.1, 0.15) is 17.6 Å². The zero-order chi connectivity index (χ0) is 11.2. The van der Waals surface area contributed by atoms with Crippen molar-refractivity contribution in [3.63, 3.8) is 0 Å². The topological polar surface area (TPSA) is 48.7 Å². The molecule has 3 nitrogen and oxygen atoms in total. The van der Waals surface area contributed by atoms with Crippen LogP contribution in [0.25, 0.3) is 0 Å². The van der Waals surface area contributed by atoms with Crippen LogP contribution in [0.1, 0.15) is 31.4 Å². The van der Waals surface area contributed by atoms with Gasteiger partial charge in [-0.3, -0.25) is 0 Å². The van der Waals surface area contributed by atoms with Gasteiger partial charge in [-0.15, -0.1) is 0 Å². The van der Waals surface area contributed by atoms with Gasteiger partial charge in [-0.25, -0.2) is 4.98 Å². The molecule has 2 rings (SSSR count). The third-order valence-corrected chi connectivity index (χ3v) is 2.75. The van der Waals surface area contributed by atoms with Gasteiger partial charge >= 0.3 is 0 Å². The molecule has 0 fully saturated rings. The lowest BCUT2D eigenvalue weighted by atomic mass is 10.2. The molecule has 1 N–H and O–H groups in total. The largest absolute Gasteiger partial charge is 0.370 e. The molecule has 0 amide bonds. The molecule has 1 aliphatic carbocycles. The van der Waals surface area contributed by atoms with Crippen molar-refractivity contribution in [2.45, 2.75) is 25.7 Å². The van der Waals surface area contributed by atoms with Crippen LogP contribution in [-0.2, 0) is 0 Å². The van der Waals surface area contributed by atoms with Gasteiger partial charge in [-0.05, 0) is 37.8 Å². The van der Waals surface area contributed by atoms with E-state index in [0.29, 0.717) is 5.69 Å². The van der Waals surface area contributed by atoms with Gasteiger partial charge in [0, 0.05) is 6.54 Å². The fourth-order valence-corrected chi connectivity index (χ4v) is 1.91. The van der Waals surface area contributed by atoms with E-state index in [1.54, 1.807) is 11.6 Å². The molecule has 0 saturated heterocycles. The number of hydrogen-bond acceptors (Lipinski definition) is 3. The van der Waals surface area contributed by atoms with Crippen LogP contribution in [0, 0.1) is 11.3 Å². The van der Waals surface area contributed by atoms with Crippen LogP contribution in [0.5, 0.6) is 0 Å². The Hall–Kier alpha value is -1.82. The summed E-state index contributed by atoms with van der Waals surface area (Å²) in [4.78, 5) is 4.16. The number of aromatic nitrogens is 1. The second-order valence-electron chi connectivity index (χ2n) is 3.95. The summed E-state index contributed by atoms with van der Waals surface area (Å²) in [6, 6.07) is 7.49. The van der Waals surface area contributed by atoms with E-state index in [4.69, 9.17) is 5.26 Å². The number of nitriles is 1. The number of nitrogens with one attached hydrogen (secondary N) is 1. The molecule has 1 aromatic rings. The van der Waals surface area contributed by atoms with Crippen LogP contribution in [0.15, 0.2) is 29.8 Å². The van der Waals surface area contributed by atoms with Gasteiger partial charge in [-0.2, -0.15) is 5.26 Å². The first kappa shape index (κ1) is 10.7. The van der Waals surface area contributed by atoms with E-state index in [-0.39, 0.29) is 0 Å². The Morgan fingerprint density at radius 3 is 3.12 bits per heavy atom. The standard InChI is InChI=1S/C13H15N3/c14-10-12-6-3-7-13(16-12)15-9-8-11-4-1-2-5-11/h3-4,6-7H,1-2,5,8-9H2,(H,15,16). The smallest absolute Gasteiger partial charge is 0.142 e. The fourth-order valence-electron chi connectivity index (χ4n) is 1.91. The van der Waals surface area contributed by atoms with Gasteiger partial charge < -0.3 is 5.32 Å². The summed E-state index contributed by atoms with van der Waals surface area (Å²) >= 11 is 0. The first-order valence-electron chi connectivity index (χ1n) is 5.67. The Kier molecular flexibility index (Phi) is 3.55. The monoisotopic (exact) mass is 213 g/mol. The maximum Gasteiger partial charge on any atom is 0.142 e. The van der Waals surface area contributed by atoms with Crippen molar-refractivity contribution in [3.05, 3.63) is 35.5 Å². The van der Waals surface area contributed by atoms with Crippen molar-refractivity contribution in [1.29, 1.82) is 5.26 Å². The average molecular weight is 213 g/mol. The van der Waals surface area contributed by atoms with Crippen molar-refractivity contribution in [2.24, 2.45) is 0 Å². The Bertz CT molecular complexity index is 429. The van der Waals surface area contributed by atoms with Gasteiger partial charge in [-0.1, -0.05) is 17.7 Å². The zero-order valence-corrected chi connectivity index (χ0v) is 9.24. The SMILES string of the molecule is N#Cc1cccc(NCCC2=CCCC2)n1. The highest BCUT2D eigenvalue weighted by Crippen LogP contribution is 2.20. The summed E-state index contributed by atoms with van der Waals surface area (Å²) in [6.45, 7) is 0.897. The minimum atomic E-state index is 0.463. The van der Waals surface area contributed by atoms with Crippen molar-refractivity contribution in [2.75, 3.05) is 11.9 Å². The zero-order valence-electron chi connectivity index (χ0n) is 9.24. The van der Waals surface area contributed by atoms with Crippen LogP contribution in [0.4, 0.5) is 5.82 Å². The number of pyridine rings is 1. The molecule has 82 valence electrons. The molecule has 16 heavy (non-hydrogen) atoms. The van der Waals surface area contributed by atoms with Gasteiger partial charge in [0.2, 0.25) is 0 Å². The van der Waals surface area contributed by atoms with E-state index < -0.39 is 0 Å². The van der Waals surface area contributed by atoms with Crippen LogP contribution < -0.4 is 5.32 Å². The molecular formula is C13H15N3. The number of anilines is 1. The summed E-state index contributed by atoms with van der Waals surface area (Å²) in [5.41, 5.74) is 2.01. The highest BCUT2D eigenvalue weighted by molar-refractivity contribution is 5.38. The van der Waals surface area contributed by atoms with Gasteiger partial charge in [0.15, 0.2) is 0 Å². The molecule has 0 atom stereocenters. The molecule has 0 spiro atoms. The molecule has 0 unspecified atom stereocenters. The summed E-state index contributed by atoms with van der Waals surface area (Å²) in [5, 5.41) is 12.0. The second kappa shape index (κ2) is 5.32. The van der Waals surface area contributed by atoms with E-state index in [1.807, 2.05) is 18.2 Å². The Morgan fingerprint density at radius 2 is 2.38 bits per heavy atom. The lowest BCUT2D eigenvalue weighted by Crippen LogP contribution is -2.04. The average Bonchev–Trinajstić information content (AvgIpc) is 2.82. The molecule has 0 aliphatic heterocycles. The van der Waals surface area contributed by atoms with Crippen LogP contribution in [0.2, 0.25) is 0 Å². The maximum absolute atomic E-state index is 8.71. The lowest BCUT2D eigenvalue weighted by Gasteiger charge is -2.05. The molecule has 0 bridgehead atoms. The third kappa shape index (κ3) is 2.83. The van der Waals surface area contributed by atoms with Crippen LogP contribution >= 0.6 is 0 Å². The minimum Gasteiger partial charge on any atom is -0.370 e. The Balaban J connectivity index is 1.82. The minimum absolute atomic E-state index is 0.463. The molecule has 0 aromatic carbocycles. The summed E-state index contributed by atoms with van der Waals surface area (Å²) in [6.07, 6.45) is 7.20. The highest BCUT2D eigenvalue weighted by atomic mass is 15.0. The Morgan fingerprint density at radius 1 is 1.44 bits per heavy atom. The van der Waals surface area contributed by atoms with Gasteiger partial charge in [0.25, 0.3) is 0 Å². The highest BCUT2D eigenvalue weighted by Gasteiger charge is 2.03. The summed E-state index contributed by atoms with van der Waals surface area (Å²) < 4.78 is 0. The van der Waals surface area contributed by atoms with Gasteiger partial charge in [0.05, 0.1) is 0 Å². The van der Waals surface area contributed by atoms with Crippen molar-refractivity contribution >= 4 is 5.82 Å². The fraction of sp³-hybridized carbons (Fsp3) is 0.385. The number of hydrogen-bond donors (Lipinski definition) is 1. The first-order valence-corrected chi connectivity index (χ1v) is 5.67. The Labute approximate surface area is 95.8 Å². The number of allylic oxidation sites excluding steroid dienone is 1. The predicted molar refractivity (Wildman–Crippen MR) is 64.0 cm³/mol. The summed E-state index contributed by atoms with van der Waals surface area (Å²) in [7, 11) is 0. The third-order valence-electron chi connectivity index (χ3n) is 2.75. The second-order valence-corrected chi connectivity index (χ2v) is 3.95. The van der Waals surface area contributed by atoms with E-state index in [0.717, 1.165) is 18.8 Å². The van der Waals surface area contributed by atoms with Crippen LogP contribution in [-0.4, -0.2) is 11.5 Å².